The first-order valence-corrected chi connectivity index (χ1v) is 10.1. The second-order valence-electron chi connectivity index (χ2n) is 8.46. The van der Waals surface area contributed by atoms with Crippen LogP contribution in [0.1, 0.15) is 32.9 Å². The molecule has 0 aliphatic carbocycles. The summed E-state index contributed by atoms with van der Waals surface area (Å²) in [5.74, 6) is 0.469. The predicted octanol–water partition coefficient (Wildman–Crippen LogP) is 3.79. The molecule has 8 nitrogen and oxygen atoms in total. The first kappa shape index (κ1) is 21.7. The lowest BCUT2D eigenvalue weighted by Gasteiger charge is -2.26. The van der Waals surface area contributed by atoms with Gasteiger partial charge in [0, 0.05) is 36.1 Å². The van der Waals surface area contributed by atoms with Crippen molar-refractivity contribution in [3.63, 3.8) is 0 Å². The molecule has 2 aromatic heterocycles. The first-order chi connectivity index (χ1) is 15.1. The molecule has 1 atom stereocenters. The molecule has 4 heterocycles. The first-order valence-electron chi connectivity index (χ1n) is 10.1. The van der Waals surface area contributed by atoms with Crippen molar-refractivity contribution in [2.45, 2.75) is 44.9 Å². The van der Waals surface area contributed by atoms with Gasteiger partial charge in [-0.1, -0.05) is 6.07 Å². The number of nitrogens with zero attached hydrogens (tertiary/aromatic N) is 5. The van der Waals surface area contributed by atoms with Crippen LogP contribution in [0.15, 0.2) is 46.7 Å². The van der Waals surface area contributed by atoms with Gasteiger partial charge in [-0.2, -0.15) is 28.1 Å². The third kappa shape index (κ3) is 5.21. The fourth-order valence-electron chi connectivity index (χ4n) is 3.12. The smallest absolute Gasteiger partial charge is 0.383 e. The lowest BCUT2D eigenvalue weighted by atomic mass is 10.0. The summed E-state index contributed by atoms with van der Waals surface area (Å²) in [6, 6.07) is 3.61. The van der Waals surface area contributed by atoms with Crippen LogP contribution in [0.2, 0.25) is 0 Å². The second kappa shape index (κ2) is 8.21. The van der Waals surface area contributed by atoms with E-state index in [9.17, 15) is 13.2 Å². The maximum atomic E-state index is 13.1. The van der Waals surface area contributed by atoms with E-state index in [1.807, 2.05) is 26.8 Å². The summed E-state index contributed by atoms with van der Waals surface area (Å²) in [5, 5.41) is 9.52. The summed E-state index contributed by atoms with van der Waals surface area (Å²) in [6.45, 7) is 6.61. The Kier molecular flexibility index (Phi) is 5.57. The summed E-state index contributed by atoms with van der Waals surface area (Å²) in [6.07, 6.45) is 1.65. The van der Waals surface area contributed by atoms with Crippen molar-refractivity contribution in [1.82, 2.24) is 25.3 Å². The van der Waals surface area contributed by atoms with E-state index in [4.69, 9.17) is 0 Å². The normalized spacial score (nSPS) is 18.2. The standard InChI is InChI=1S/C21H23F3N8/c1-20(2,3)32-19-30-17(14-5-4-6-16(28-14)21(22,23)24)29-18(31-19)27-12-7-9-26-15(11-12)13-8-10-25-13/h4-9,15,25H,10-11H2,1-3H3,(H2,27,29,30,31,32). The van der Waals surface area contributed by atoms with Crippen LogP contribution in [-0.4, -0.2) is 44.3 Å². The van der Waals surface area contributed by atoms with Crippen molar-refractivity contribution >= 4 is 18.1 Å². The molecule has 0 saturated carbocycles. The number of hydrogen-bond donors (Lipinski definition) is 3. The highest BCUT2D eigenvalue weighted by molar-refractivity contribution is 5.75. The molecule has 0 bridgehead atoms. The molecule has 3 N–H and O–H groups in total. The van der Waals surface area contributed by atoms with Gasteiger partial charge in [-0.15, -0.1) is 0 Å². The molecule has 1 unspecified atom stereocenters. The van der Waals surface area contributed by atoms with E-state index in [0.29, 0.717) is 6.42 Å². The van der Waals surface area contributed by atoms with Gasteiger partial charge in [0.15, 0.2) is 5.82 Å². The van der Waals surface area contributed by atoms with Crippen molar-refractivity contribution in [1.29, 1.82) is 0 Å². The predicted molar refractivity (Wildman–Crippen MR) is 116 cm³/mol. The van der Waals surface area contributed by atoms with Gasteiger partial charge in [-0.25, -0.2) is 4.98 Å². The Morgan fingerprint density at radius 1 is 1.03 bits per heavy atom. The number of anilines is 2. The zero-order valence-corrected chi connectivity index (χ0v) is 17.8. The number of rotatable bonds is 5. The summed E-state index contributed by atoms with van der Waals surface area (Å²) in [4.78, 5) is 21.2. The van der Waals surface area contributed by atoms with Crippen LogP contribution in [-0.2, 0) is 6.18 Å². The van der Waals surface area contributed by atoms with Crippen LogP contribution in [0.5, 0.6) is 0 Å². The second-order valence-corrected chi connectivity index (χ2v) is 8.46. The average Bonchev–Trinajstić information content (AvgIpc) is 2.65. The Balaban J connectivity index is 1.66. The van der Waals surface area contributed by atoms with Gasteiger partial charge in [0.1, 0.15) is 11.4 Å². The Bertz CT molecular complexity index is 1100. The summed E-state index contributed by atoms with van der Waals surface area (Å²) in [5.41, 5.74) is 0.513. The van der Waals surface area contributed by atoms with E-state index < -0.39 is 11.9 Å². The summed E-state index contributed by atoms with van der Waals surface area (Å²) < 4.78 is 39.4. The highest BCUT2D eigenvalue weighted by atomic mass is 19.4. The number of aliphatic imine (C=N–C) groups is 1. The molecular weight excluding hydrogens is 421 g/mol. The largest absolute Gasteiger partial charge is 0.433 e. The SMILES string of the molecule is CC(C)(C)Nc1nc(NC2=CC=NC(C3=CCN3)C2)nc(-c2cccc(C(F)(F)F)n2)n1. The third-order valence-electron chi connectivity index (χ3n) is 4.61. The highest BCUT2D eigenvalue weighted by Crippen LogP contribution is 2.29. The van der Waals surface area contributed by atoms with Crippen LogP contribution in [0.4, 0.5) is 25.1 Å². The number of dihydropyridines is 1. The third-order valence-corrected chi connectivity index (χ3v) is 4.61. The topological polar surface area (TPSA) is 100 Å². The lowest BCUT2D eigenvalue weighted by Crippen LogP contribution is -2.33. The number of alkyl halides is 3. The van der Waals surface area contributed by atoms with E-state index >= 15 is 0 Å². The van der Waals surface area contributed by atoms with Crippen molar-refractivity contribution in [3.8, 4) is 11.5 Å². The van der Waals surface area contributed by atoms with Gasteiger partial charge in [0.05, 0.1) is 6.04 Å². The molecule has 168 valence electrons. The molecule has 0 fully saturated rings. The van der Waals surface area contributed by atoms with Gasteiger partial charge >= 0.3 is 6.18 Å². The number of hydrogen-bond acceptors (Lipinski definition) is 8. The number of halogens is 3. The molecule has 2 aliphatic rings. The minimum atomic E-state index is -4.57. The average molecular weight is 444 g/mol. The van der Waals surface area contributed by atoms with Crippen molar-refractivity contribution in [3.05, 3.63) is 47.4 Å². The number of nitrogens with one attached hydrogen (secondary N) is 3. The highest BCUT2D eigenvalue weighted by Gasteiger charge is 2.33. The minimum Gasteiger partial charge on any atom is -0.383 e. The van der Waals surface area contributed by atoms with E-state index in [2.05, 4.69) is 47.0 Å². The molecule has 32 heavy (non-hydrogen) atoms. The molecule has 2 aromatic rings. The molecule has 0 spiro atoms. The van der Waals surface area contributed by atoms with Crippen LogP contribution >= 0.6 is 0 Å². The quantitative estimate of drug-likeness (QED) is 0.645. The van der Waals surface area contributed by atoms with E-state index in [-0.39, 0.29) is 35.0 Å². The van der Waals surface area contributed by atoms with Crippen molar-refractivity contribution in [2.24, 2.45) is 4.99 Å². The van der Waals surface area contributed by atoms with Crippen LogP contribution in [0.3, 0.4) is 0 Å². The molecule has 4 rings (SSSR count). The van der Waals surface area contributed by atoms with Crippen molar-refractivity contribution < 1.29 is 13.2 Å². The molecule has 0 amide bonds. The molecule has 0 aromatic carbocycles. The van der Waals surface area contributed by atoms with Crippen LogP contribution in [0.25, 0.3) is 11.5 Å². The Morgan fingerprint density at radius 2 is 1.78 bits per heavy atom. The maximum absolute atomic E-state index is 13.1. The van der Waals surface area contributed by atoms with Crippen LogP contribution in [0, 0.1) is 0 Å². The van der Waals surface area contributed by atoms with Crippen molar-refractivity contribution in [2.75, 3.05) is 17.2 Å². The maximum Gasteiger partial charge on any atom is 0.433 e. The molecule has 11 heteroatoms. The van der Waals surface area contributed by atoms with Gasteiger partial charge < -0.3 is 16.0 Å². The van der Waals surface area contributed by atoms with Gasteiger partial charge in [0.25, 0.3) is 0 Å². The summed E-state index contributed by atoms with van der Waals surface area (Å²) in [7, 11) is 0. The Labute approximate surface area is 183 Å². The zero-order chi connectivity index (χ0) is 22.9. The van der Waals surface area contributed by atoms with Gasteiger partial charge in [0.2, 0.25) is 11.9 Å². The lowest BCUT2D eigenvalue weighted by molar-refractivity contribution is -0.141. The fraction of sp³-hybridized carbons (Fsp3) is 0.381. The number of allylic oxidation sites excluding steroid dienone is 1. The number of aromatic nitrogens is 4. The monoisotopic (exact) mass is 444 g/mol. The fourth-order valence-corrected chi connectivity index (χ4v) is 3.12. The molecule has 0 saturated heterocycles. The molecule has 2 aliphatic heterocycles. The van der Waals surface area contributed by atoms with Crippen LogP contribution < -0.4 is 16.0 Å². The van der Waals surface area contributed by atoms with Gasteiger partial charge in [-0.3, -0.25) is 4.99 Å². The summed E-state index contributed by atoms with van der Waals surface area (Å²) >= 11 is 0. The number of pyridine rings is 1. The Hall–Kier alpha value is -3.50. The van der Waals surface area contributed by atoms with E-state index in [1.165, 1.54) is 12.1 Å². The minimum absolute atomic E-state index is 0.00289. The molecule has 0 radical (unpaired) electrons. The zero-order valence-electron chi connectivity index (χ0n) is 17.8. The Morgan fingerprint density at radius 3 is 2.44 bits per heavy atom. The van der Waals surface area contributed by atoms with Gasteiger partial charge in [-0.05, 0) is 45.1 Å². The molecular formula is C21H23F3N8. The van der Waals surface area contributed by atoms with E-state index in [0.717, 1.165) is 24.0 Å². The van der Waals surface area contributed by atoms with E-state index in [1.54, 1.807) is 6.21 Å².